The summed E-state index contributed by atoms with van der Waals surface area (Å²) < 4.78 is 124. The van der Waals surface area contributed by atoms with Crippen LogP contribution in [0.3, 0.4) is 0 Å². The highest BCUT2D eigenvalue weighted by molar-refractivity contribution is 7.85. The second kappa shape index (κ2) is 9.96. The van der Waals surface area contributed by atoms with Crippen LogP contribution in [0.2, 0.25) is 0 Å². The Labute approximate surface area is 246 Å². The van der Waals surface area contributed by atoms with Crippen LogP contribution in [0.15, 0.2) is 84.9 Å². The van der Waals surface area contributed by atoms with Gasteiger partial charge in [-0.25, -0.2) is 8.42 Å². The highest BCUT2D eigenvalue weighted by atomic mass is 32.2. The number of fused-ring (bicyclic) bond motifs is 2. The fourth-order valence-electron chi connectivity index (χ4n) is 6.81. The van der Waals surface area contributed by atoms with Gasteiger partial charge in [-0.05, 0) is 50.7 Å². The van der Waals surface area contributed by atoms with Crippen molar-refractivity contribution in [2.45, 2.75) is 35.7 Å². The fraction of sp³-hybridized carbons (Fsp3) is 0.258. The first-order chi connectivity index (χ1) is 20.5. The van der Waals surface area contributed by atoms with Gasteiger partial charge in [0.05, 0.1) is 21.8 Å². The Morgan fingerprint density at radius 3 is 1.61 bits per heavy atom. The summed E-state index contributed by atoms with van der Waals surface area (Å²) >= 11 is 0. The first-order valence-electron chi connectivity index (χ1n) is 13.2. The molecular weight excluding hydrogens is 614 g/mol. The van der Waals surface area contributed by atoms with Gasteiger partial charge in [0.15, 0.2) is 0 Å². The van der Waals surface area contributed by atoms with Crippen LogP contribution < -0.4 is 0 Å². The van der Waals surface area contributed by atoms with Gasteiger partial charge in [0, 0.05) is 17.8 Å². The van der Waals surface area contributed by atoms with E-state index < -0.39 is 63.5 Å². The largest absolute Gasteiger partial charge is 0.748 e. The zero-order valence-electron chi connectivity index (χ0n) is 22.3. The van der Waals surface area contributed by atoms with Crippen LogP contribution in [0.4, 0.5) is 26.3 Å². The first kappa shape index (κ1) is 29.9. The maximum Gasteiger partial charge on any atom is 0.438 e. The van der Waals surface area contributed by atoms with Crippen molar-refractivity contribution >= 4 is 26.9 Å². The highest BCUT2D eigenvalue weighted by Gasteiger charge is 2.75. The highest BCUT2D eigenvalue weighted by Crippen LogP contribution is 2.63. The molecule has 0 aromatic heterocycles. The molecule has 0 fully saturated rings. The molecule has 0 amide bonds. The van der Waals surface area contributed by atoms with Crippen molar-refractivity contribution in [3.63, 3.8) is 0 Å². The molecule has 4 aromatic carbocycles. The molecule has 6 nitrogen and oxygen atoms in total. The van der Waals surface area contributed by atoms with Crippen LogP contribution in [0.1, 0.15) is 45.6 Å². The number of carbonyl (C=O) groups is 1. The first-order valence-corrected chi connectivity index (χ1v) is 14.8. The second-order valence-electron chi connectivity index (χ2n) is 11.0. The monoisotopic (exact) mass is 635 g/mol. The van der Waals surface area contributed by atoms with E-state index in [2.05, 4.69) is 4.74 Å². The number of esters is 1. The summed E-state index contributed by atoms with van der Waals surface area (Å²) in [4.78, 5) is 14.0. The number of halogens is 6. The minimum Gasteiger partial charge on any atom is -0.748 e. The SMILES string of the molecule is O=C(OC(CS(=O)(=O)[O-])(C(F)(F)F)C(F)(F)F)C1C2c3ccccc3C(c3ccccc32)C1c1cc2ccccc2cc1O. The fourth-order valence-corrected chi connectivity index (χ4v) is 7.69. The summed E-state index contributed by atoms with van der Waals surface area (Å²) in [5.41, 5.74) is -3.35. The topological polar surface area (TPSA) is 104 Å². The molecule has 0 radical (unpaired) electrons. The van der Waals surface area contributed by atoms with E-state index in [1.54, 1.807) is 72.8 Å². The summed E-state index contributed by atoms with van der Waals surface area (Å²) in [5, 5.41) is 12.4. The Morgan fingerprint density at radius 2 is 1.16 bits per heavy atom. The Balaban J connectivity index is 1.61. The number of hydrogen-bond acceptors (Lipinski definition) is 6. The van der Waals surface area contributed by atoms with Crippen LogP contribution in [-0.2, 0) is 19.6 Å². The number of rotatable bonds is 5. The van der Waals surface area contributed by atoms with E-state index in [4.69, 9.17) is 0 Å². The number of carbonyl (C=O) groups excluding carboxylic acids is 1. The van der Waals surface area contributed by atoms with Gasteiger partial charge in [-0.1, -0.05) is 72.8 Å². The normalized spacial score (nSPS) is 21.5. The second-order valence-corrected chi connectivity index (χ2v) is 12.4. The number of ether oxygens (including phenoxy) is 1. The van der Waals surface area contributed by atoms with Crippen molar-refractivity contribution in [2.24, 2.45) is 5.92 Å². The zero-order chi connectivity index (χ0) is 31.8. The van der Waals surface area contributed by atoms with Gasteiger partial charge in [-0.15, -0.1) is 0 Å². The lowest BCUT2D eigenvalue weighted by atomic mass is 9.52. The zero-order valence-corrected chi connectivity index (χ0v) is 23.1. The van der Waals surface area contributed by atoms with Crippen LogP contribution in [0.5, 0.6) is 5.75 Å². The molecule has 13 heteroatoms. The third-order valence-electron chi connectivity index (χ3n) is 8.53. The molecular formula is C31H21F6O6S-. The van der Waals surface area contributed by atoms with E-state index in [1.165, 1.54) is 12.1 Å². The summed E-state index contributed by atoms with van der Waals surface area (Å²) in [7, 11) is -6.24. The number of hydrogen-bond donors (Lipinski definition) is 1. The Bertz CT molecular complexity index is 1840. The van der Waals surface area contributed by atoms with Crippen molar-refractivity contribution in [1.29, 1.82) is 0 Å². The van der Waals surface area contributed by atoms with Gasteiger partial charge in [0.2, 0.25) is 0 Å². The third-order valence-corrected chi connectivity index (χ3v) is 9.29. The quantitative estimate of drug-likeness (QED) is 0.153. The minimum absolute atomic E-state index is 0.0747. The van der Waals surface area contributed by atoms with Crippen LogP contribution in [-0.4, -0.2) is 47.8 Å². The molecule has 3 aliphatic carbocycles. The molecule has 0 saturated carbocycles. The lowest BCUT2D eigenvalue weighted by Gasteiger charge is -2.50. The van der Waals surface area contributed by atoms with Crippen LogP contribution in [0.25, 0.3) is 10.8 Å². The number of benzene rings is 4. The molecule has 0 heterocycles. The molecule has 44 heavy (non-hydrogen) atoms. The molecule has 7 rings (SSSR count). The van der Waals surface area contributed by atoms with Gasteiger partial charge in [0.25, 0.3) is 0 Å². The smallest absolute Gasteiger partial charge is 0.438 e. The predicted molar refractivity (Wildman–Crippen MR) is 144 cm³/mol. The van der Waals surface area contributed by atoms with Crippen molar-refractivity contribution in [3.8, 4) is 5.75 Å². The Hall–Kier alpha value is -4.10. The Kier molecular flexibility index (Phi) is 6.78. The van der Waals surface area contributed by atoms with E-state index >= 15 is 0 Å². The van der Waals surface area contributed by atoms with Gasteiger partial charge in [-0.2, -0.15) is 26.3 Å². The molecule has 4 aromatic rings. The number of phenols is 1. The molecule has 1 N–H and O–H groups in total. The molecule has 230 valence electrons. The summed E-state index contributed by atoms with van der Waals surface area (Å²) in [6, 6.07) is 22.9. The molecule has 0 aliphatic heterocycles. The lowest BCUT2D eigenvalue weighted by molar-refractivity contribution is -0.362. The summed E-state index contributed by atoms with van der Waals surface area (Å²) in [6.45, 7) is 0. The molecule has 3 aliphatic rings. The van der Waals surface area contributed by atoms with E-state index in [1.807, 2.05) is 0 Å². The molecule has 2 unspecified atom stereocenters. The molecule has 2 bridgehead atoms. The summed E-state index contributed by atoms with van der Waals surface area (Å²) in [6.07, 6.45) is -13.1. The van der Waals surface area contributed by atoms with Gasteiger partial charge in [-0.3, -0.25) is 4.79 Å². The number of alkyl halides is 6. The van der Waals surface area contributed by atoms with Crippen molar-refractivity contribution in [1.82, 2.24) is 0 Å². The number of aromatic hydroxyl groups is 1. The van der Waals surface area contributed by atoms with E-state index in [0.717, 1.165) is 0 Å². The maximum absolute atomic E-state index is 14.2. The van der Waals surface area contributed by atoms with Crippen molar-refractivity contribution in [3.05, 3.63) is 113 Å². The van der Waals surface area contributed by atoms with Gasteiger partial charge >= 0.3 is 23.9 Å². The Morgan fingerprint density at radius 1 is 0.727 bits per heavy atom. The van der Waals surface area contributed by atoms with Crippen LogP contribution >= 0.6 is 0 Å². The average Bonchev–Trinajstić information content (AvgIpc) is 2.94. The van der Waals surface area contributed by atoms with Gasteiger partial charge < -0.3 is 14.4 Å². The van der Waals surface area contributed by atoms with Gasteiger partial charge in [0.1, 0.15) is 5.75 Å². The minimum atomic E-state index is -6.53. The third kappa shape index (κ3) is 4.60. The molecule has 0 saturated heterocycles. The lowest BCUT2D eigenvalue weighted by Crippen LogP contribution is -2.64. The van der Waals surface area contributed by atoms with E-state index in [0.29, 0.717) is 33.0 Å². The maximum atomic E-state index is 14.2. The standard InChI is InChI=1S/C31H22F6O6S/c32-30(33,34)29(31(35,36)37,15-44(40,41)42)43-28(39)27-25-20-11-5-3-9-18(20)24(19-10-4-6-12-21(19)25)26(27)22-13-16-7-1-2-8-17(16)14-23(22)38/h1-14,24-27,38H,15H2,(H,40,41,42)/p-1. The predicted octanol–water partition coefficient (Wildman–Crippen LogP) is 6.49. The molecule has 0 spiro atoms. The van der Waals surface area contributed by atoms with Crippen molar-refractivity contribution < 1.29 is 54.0 Å². The van der Waals surface area contributed by atoms with Crippen molar-refractivity contribution in [2.75, 3.05) is 5.75 Å². The van der Waals surface area contributed by atoms with E-state index in [9.17, 15) is 49.2 Å². The number of phenolic OH excluding ortho intramolecular Hbond substituents is 1. The van der Waals surface area contributed by atoms with Crippen LogP contribution in [0, 0.1) is 5.92 Å². The van der Waals surface area contributed by atoms with E-state index in [-0.39, 0.29) is 11.3 Å². The average molecular weight is 636 g/mol. The summed E-state index contributed by atoms with van der Waals surface area (Å²) in [5.74, 6) is -10.5. The molecule has 2 atom stereocenters.